The van der Waals surface area contributed by atoms with Gasteiger partial charge in [0.2, 0.25) is 0 Å². The van der Waals surface area contributed by atoms with Crippen molar-refractivity contribution in [2.45, 2.75) is 52.2 Å². The lowest BCUT2D eigenvalue weighted by Crippen LogP contribution is -2.38. The lowest BCUT2D eigenvalue weighted by molar-refractivity contribution is 0.154. The molecule has 24 heavy (non-hydrogen) atoms. The first kappa shape index (κ1) is 17.1. The normalized spacial score (nSPS) is 24.1. The largest absolute Gasteiger partial charge is 0.407 e. The first-order valence-electron chi connectivity index (χ1n) is 8.93. The molecule has 2 aliphatic rings. The lowest BCUT2D eigenvalue weighted by Gasteiger charge is -2.32. The van der Waals surface area contributed by atoms with Gasteiger partial charge in [0.1, 0.15) is 0 Å². The summed E-state index contributed by atoms with van der Waals surface area (Å²) < 4.78 is 0. The highest BCUT2D eigenvalue weighted by atomic mass is 16.7. The van der Waals surface area contributed by atoms with Crippen LogP contribution in [0.3, 0.4) is 0 Å². The average molecular weight is 328 g/mol. The second kappa shape index (κ2) is 7.41. The molecule has 4 heteroatoms. The number of aliphatic hydroxyl groups excluding tert-OH is 1. The predicted molar refractivity (Wildman–Crippen MR) is 98.5 cm³/mol. The maximum absolute atomic E-state index is 9.94. The Balaban J connectivity index is 1.94. The van der Waals surface area contributed by atoms with Crippen LogP contribution >= 0.6 is 0 Å². The lowest BCUT2D eigenvalue weighted by atomic mass is 9.99. The van der Waals surface area contributed by atoms with Crippen LogP contribution in [0.15, 0.2) is 41.5 Å². The second-order valence-electron chi connectivity index (χ2n) is 6.98. The third-order valence-electron chi connectivity index (χ3n) is 4.66. The molecule has 1 aromatic rings. The zero-order valence-electron chi connectivity index (χ0n) is 14.9. The van der Waals surface area contributed by atoms with Gasteiger partial charge in [0.05, 0.1) is 12.1 Å². The number of hydrogen-bond donors (Lipinski definition) is 2. The van der Waals surface area contributed by atoms with Crippen molar-refractivity contribution in [3.05, 3.63) is 47.1 Å². The number of aliphatic hydroxyl groups is 1. The van der Waals surface area contributed by atoms with E-state index in [1.165, 1.54) is 11.1 Å². The van der Waals surface area contributed by atoms with E-state index in [9.17, 15) is 5.11 Å². The van der Waals surface area contributed by atoms with Crippen LogP contribution in [0.5, 0.6) is 0 Å². The van der Waals surface area contributed by atoms with Crippen LogP contribution in [0.1, 0.15) is 45.6 Å². The summed E-state index contributed by atoms with van der Waals surface area (Å²) in [7, 11) is 0. The van der Waals surface area contributed by atoms with E-state index in [1.54, 1.807) is 0 Å². The molecule has 1 saturated heterocycles. The van der Waals surface area contributed by atoms with E-state index in [-0.39, 0.29) is 12.1 Å². The highest BCUT2D eigenvalue weighted by Crippen LogP contribution is 2.32. The first-order valence-corrected chi connectivity index (χ1v) is 8.93. The summed E-state index contributed by atoms with van der Waals surface area (Å²) in [5.74, 6) is 0.919. The molecule has 2 unspecified atom stereocenters. The molecule has 0 aliphatic carbocycles. The fourth-order valence-corrected chi connectivity index (χ4v) is 3.45. The Morgan fingerprint density at radius 3 is 2.96 bits per heavy atom. The molecule has 2 N–H and O–H groups in total. The predicted octanol–water partition coefficient (Wildman–Crippen LogP) is 3.64. The van der Waals surface area contributed by atoms with Crippen LogP contribution in [0.25, 0.3) is 5.76 Å². The molecule has 0 saturated carbocycles. The molecule has 0 bridgehead atoms. The summed E-state index contributed by atoms with van der Waals surface area (Å²) in [6.07, 6.45) is 4.91. The van der Waals surface area contributed by atoms with Gasteiger partial charge in [-0.1, -0.05) is 30.7 Å². The van der Waals surface area contributed by atoms with Gasteiger partial charge in [0, 0.05) is 29.9 Å². The van der Waals surface area contributed by atoms with E-state index < -0.39 is 0 Å². The molecule has 1 aromatic carbocycles. The summed E-state index contributed by atoms with van der Waals surface area (Å²) in [5, 5.41) is 9.94. The maximum Gasteiger partial charge on any atom is 0.159 e. The van der Waals surface area contributed by atoms with Crippen LogP contribution in [-0.2, 0) is 4.84 Å². The van der Waals surface area contributed by atoms with Crippen molar-refractivity contribution in [2.75, 3.05) is 18.0 Å². The third kappa shape index (κ3) is 3.65. The monoisotopic (exact) mass is 328 g/mol. The van der Waals surface area contributed by atoms with Crippen molar-refractivity contribution < 1.29 is 9.94 Å². The quantitative estimate of drug-likeness (QED) is 0.886. The van der Waals surface area contributed by atoms with E-state index in [0.717, 1.165) is 42.8 Å². The fraction of sp³-hybridized carbons (Fsp3) is 0.500. The Morgan fingerprint density at radius 2 is 2.25 bits per heavy atom. The summed E-state index contributed by atoms with van der Waals surface area (Å²) >= 11 is 0. The van der Waals surface area contributed by atoms with Crippen molar-refractivity contribution >= 4 is 11.4 Å². The Labute approximate surface area is 144 Å². The number of hydroxylamine groups is 1. The number of hydrogen-bond acceptors (Lipinski definition) is 4. The zero-order chi connectivity index (χ0) is 17.1. The van der Waals surface area contributed by atoms with Gasteiger partial charge in [-0.2, -0.15) is 0 Å². The molecular formula is C20H28N2O2. The van der Waals surface area contributed by atoms with Gasteiger partial charge < -0.3 is 14.8 Å². The van der Waals surface area contributed by atoms with E-state index in [2.05, 4.69) is 61.5 Å². The molecule has 0 amide bonds. The molecule has 3 rings (SSSR count). The second-order valence-corrected chi connectivity index (χ2v) is 6.98. The number of allylic oxidation sites excluding steroid dienone is 1. The molecule has 4 nitrogen and oxygen atoms in total. The Kier molecular flexibility index (Phi) is 5.27. The number of rotatable bonds is 4. The minimum absolute atomic E-state index is 0.225. The summed E-state index contributed by atoms with van der Waals surface area (Å²) in [6, 6.07) is 8.68. The molecule has 0 radical (unpaired) electrons. The van der Waals surface area contributed by atoms with Gasteiger partial charge in [-0.05, 0) is 45.2 Å². The van der Waals surface area contributed by atoms with Gasteiger partial charge in [-0.15, -0.1) is 5.48 Å². The van der Waals surface area contributed by atoms with Gasteiger partial charge in [0.15, 0.2) is 5.76 Å². The Bertz CT molecular complexity index is 647. The van der Waals surface area contributed by atoms with Crippen LogP contribution in [0, 0.1) is 0 Å². The van der Waals surface area contributed by atoms with E-state index in [4.69, 9.17) is 4.84 Å². The number of nitrogens with zero attached hydrogens (tertiary/aromatic N) is 1. The number of piperidine rings is 1. The average Bonchev–Trinajstić information content (AvgIpc) is 2.97. The highest BCUT2D eigenvalue weighted by Gasteiger charge is 2.26. The van der Waals surface area contributed by atoms with Gasteiger partial charge in [0.25, 0.3) is 0 Å². The van der Waals surface area contributed by atoms with Crippen molar-refractivity contribution in [1.29, 1.82) is 0 Å². The minimum atomic E-state index is -0.225. The molecule has 2 heterocycles. The molecule has 130 valence electrons. The smallest absolute Gasteiger partial charge is 0.159 e. The SMILES string of the molecule is CCC1NOC(c2cccc(N3CCCC(O)C3)c2)=C1C=C(C)C. The van der Waals surface area contributed by atoms with Crippen molar-refractivity contribution in [2.24, 2.45) is 0 Å². The van der Waals surface area contributed by atoms with Crippen LogP contribution in [-0.4, -0.2) is 30.3 Å². The van der Waals surface area contributed by atoms with Crippen LogP contribution in [0.2, 0.25) is 0 Å². The molecule has 2 aliphatic heterocycles. The van der Waals surface area contributed by atoms with E-state index in [0.29, 0.717) is 6.54 Å². The number of anilines is 1. The van der Waals surface area contributed by atoms with Crippen molar-refractivity contribution in [3.8, 4) is 0 Å². The molecule has 1 fully saturated rings. The summed E-state index contributed by atoms with van der Waals surface area (Å²) in [6.45, 7) is 8.09. The first-order chi connectivity index (χ1) is 11.6. The van der Waals surface area contributed by atoms with Gasteiger partial charge in [-0.3, -0.25) is 0 Å². The molecule has 0 spiro atoms. The highest BCUT2D eigenvalue weighted by molar-refractivity contribution is 5.71. The maximum atomic E-state index is 9.94. The van der Waals surface area contributed by atoms with E-state index >= 15 is 0 Å². The molecule has 0 aromatic heterocycles. The van der Waals surface area contributed by atoms with Gasteiger partial charge in [-0.25, -0.2) is 0 Å². The van der Waals surface area contributed by atoms with Gasteiger partial charge >= 0.3 is 0 Å². The van der Waals surface area contributed by atoms with Crippen LogP contribution in [0.4, 0.5) is 5.69 Å². The number of β-amino-alcohol motifs (C(OH)–C–C–N with tert-alkyl or cyclic N) is 1. The number of nitrogens with one attached hydrogen (secondary N) is 1. The van der Waals surface area contributed by atoms with Crippen molar-refractivity contribution in [3.63, 3.8) is 0 Å². The molecular weight excluding hydrogens is 300 g/mol. The molecule has 2 atom stereocenters. The Morgan fingerprint density at radius 1 is 1.42 bits per heavy atom. The van der Waals surface area contributed by atoms with Crippen LogP contribution < -0.4 is 10.4 Å². The third-order valence-corrected chi connectivity index (χ3v) is 4.66. The zero-order valence-corrected chi connectivity index (χ0v) is 14.9. The topological polar surface area (TPSA) is 44.7 Å². The minimum Gasteiger partial charge on any atom is -0.407 e. The Hall–Kier alpha value is -1.78. The van der Waals surface area contributed by atoms with E-state index in [1.807, 2.05) is 0 Å². The number of benzene rings is 1. The summed E-state index contributed by atoms with van der Waals surface area (Å²) in [5.41, 5.74) is 7.87. The van der Waals surface area contributed by atoms with Crippen molar-refractivity contribution in [1.82, 2.24) is 5.48 Å². The summed E-state index contributed by atoms with van der Waals surface area (Å²) in [4.78, 5) is 8.10. The standard InChI is InChI=1S/C20H28N2O2/c1-4-19-18(11-14(2)3)20(24-21-19)15-7-5-8-16(12-15)22-10-6-9-17(23)13-22/h5,7-8,11-12,17,19,21,23H,4,6,9-10,13H2,1-3H3. The fourth-order valence-electron chi connectivity index (χ4n) is 3.45.